The van der Waals surface area contributed by atoms with Crippen molar-refractivity contribution in [3.8, 4) is 11.5 Å². The van der Waals surface area contributed by atoms with E-state index in [4.69, 9.17) is 4.74 Å². The standard InChI is InChI=1S/C19H21F2N3O3/c1-19(2,3)17-22-10-13(11-23-17)24-16(25)8-6-12-5-7-14(27-18(20)21)15(9-12)26-4/h5-11,18H,1-4H3,(H,24,25)/b8-6+. The van der Waals surface area contributed by atoms with Crippen molar-refractivity contribution in [3.63, 3.8) is 0 Å². The zero-order valence-electron chi connectivity index (χ0n) is 15.5. The molecular formula is C19H21F2N3O3. The van der Waals surface area contributed by atoms with Crippen LogP contribution in [-0.4, -0.2) is 29.6 Å². The lowest BCUT2D eigenvalue weighted by Crippen LogP contribution is -2.16. The number of hydrogen-bond acceptors (Lipinski definition) is 5. The number of hydrogen-bond donors (Lipinski definition) is 1. The molecule has 27 heavy (non-hydrogen) atoms. The lowest BCUT2D eigenvalue weighted by molar-refractivity contribution is -0.111. The van der Waals surface area contributed by atoms with Gasteiger partial charge < -0.3 is 14.8 Å². The molecule has 1 amide bonds. The SMILES string of the molecule is COc1cc(/C=C/C(=O)Nc2cnc(C(C)(C)C)nc2)ccc1OC(F)F. The zero-order valence-corrected chi connectivity index (χ0v) is 15.5. The number of aromatic nitrogens is 2. The summed E-state index contributed by atoms with van der Waals surface area (Å²) in [4.78, 5) is 20.5. The molecule has 1 aromatic carbocycles. The second kappa shape index (κ2) is 8.57. The minimum atomic E-state index is -2.95. The number of nitrogens with zero attached hydrogens (tertiary/aromatic N) is 2. The first kappa shape index (κ1) is 20.3. The first-order valence-electron chi connectivity index (χ1n) is 8.13. The number of rotatable bonds is 6. The van der Waals surface area contributed by atoms with Crippen LogP contribution in [0.1, 0.15) is 32.2 Å². The maximum Gasteiger partial charge on any atom is 0.387 e. The van der Waals surface area contributed by atoms with Gasteiger partial charge in [-0.05, 0) is 23.8 Å². The average molecular weight is 377 g/mol. The lowest BCUT2D eigenvalue weighted by Gasteiger charge is -2.16. The van der Waals surface area contributed by atoms with Gasteiger partial charge in [0.2, 0.25) is 5.91 Å². The lowest BCUT2D eigenvalue weighted by atomic mass is 9.96. The van der Waals surface area contributed by atoms with E-state index in [0.717, 1.165) is 0 Å². The molecule has 0 bridgehead atoms. The molecule has 0 aliphatic rings. The Morgan fingerprint density at radius 3 is 2.41 bits per heavy atom. The van der Waals surface area contributed by atoms with Crippen LogP contribution in [0, 0.1) is 0 Å². The second-order valence-corrected chi connectivity index (χ2v) is 6.66. The van der Waals surface area contributed by atoms with Gasteiger partial charge in [-0.1, -0.05) is 26.8 Å². The fraction of sp³-hybridized carbons (Fsp3) is 0.316. The van der Waals surface area contributed by atoms with E-state index in [9.17, 15) is 13.6 Å². The highest BCUT2D eigenvalue weighted by molar-refractivity contribution is 6.01. The molecule has 2 rings (SSSR count). The van der Waals surface area contributed by atoms with E-state index in [0.29, 0.717) is 17.1 Å². The van der Waals surface area contributed by atoms with Gasteiger partial charge in [-0.3, -0.25) is 4.79 Å². The average Bonchev–Trinajstić information content (AvgIpc) is 2.60. The van der Waals surface area contributed by atoms with Gasteiger partial charge >= 0.3 is 6.61 Å². The molecule has 0 saturated carbocycles. The van der Waals surface area contributed by atoms with E-state index in [2.05, 4.69) is 20.0 Å². The van der Waals surface area contributed by atoms with Crippen molar-refractivity contribution >= 4 is 17.7 Å². The van der Waals surface area contributed by atoms with E-state index in [-0.39, 0.29) is 22.8 Å². The minimum Gasteiger partial charge on any atom is -0.493 e. The highest BCUT2D eigenvalue weighted by Crippen LogP contribution is 2.29. The van der Waals surface area contributed by atoms with Gasteiger partial charge in [0.1, 0.15) is 5.82 Å². The fourth-order valence-corrected chi connectivity index (χ4v) is 2.12. The predicted octanol–water partition coefficient (Wildman–Crippen LogP) is 4.04. The Bertz CT molecular complexity index is 816. The summed E-state index contributed by atoms with van der Waals surface area (Å²) in [7, 11) is 1.34. The summed E-state index contributed by atoms with van der Waals surface area (Å²) in [5, 5.41) is 2.65. The van der Waals surface area contributed by atoms with Gasteiger partial charge in [-0.15, -0.1) is 0 Å². The van der Waals surface area contributed by atoms with Gasteiger partial charge in [0, 0.05) is 11.5 Å². The number of amides is 1. The van der Waals surface area contributed by atoms with Crippen molar-refractivity contribution in [1.82, 2.24) is 9.97 Å². The quantitative estimate of drug-likeness (QED) is 0.770. The second-order valence-electron chi connectivity index (χ2n) is 6.66. The topological polar surface area (TPSA) is 73.3 Å². The summed E-state index contributed by atoms with van der Waals surface area (Å²) >= 11 is 0. The first-order chi connectivity index (χ1) is 12.7. The smallest absolute Gasteiger partial charge is 0.387 e. The van der Waals surface area contributed by atoms with Crippen molar-refractivity contribution in [1.29, 1.82) is 0 Å². The normalized spacial score (nSPS) is 11.7. The van der Waals surface area contributed by atoms with Gasteiger partial charge in [0.15, 0.2) is 11.5 Å². The molecule has 8 heteroatoms. The molecule has 144 valence electrons. The Labute approximate surface area is 156 Å². The van der Waals surface area contributed by atoms with Gasteiger partial charge in [0.25, 0.3) is 0 Å². The summed E-state index contributed by atoms with van der Waals surface area (Å²) in [5.74, 6) is 0.359. The van der Waals surface area contributed by atoms with Crippen molar-refractivity contribution in [2.24, 2.45) is 0 Å². The molecule has 0 saturated heterocycles. The van der Waals surface area contributed by atoms with Crippen molar-refractivity contribution < 1.29 is 23.0 Å². The molecule has 0 aliphatic carbocycles. The fourth-order valence-electron chi connectivity index (χ4n) is 2.12. The highest BCUT2D eigenvalue weighted by Gasteiger charge is 2.16. The number of carbonyl (C=O) groups is 1. The molecule has 1 aromatic heterocycles. The van der Waals surface area contributed by atoms with Gasteiger partial charge in [-0.2, -0.15) is 8.78 Å². The molecule has 0 spiro atoms. The number of ether oxygens (including phenoxy) is 2. The van der Waals surface area contributed by atoms with E-state index < -0.39 is 6.61 Å². The van der Waals surface area contributed by atoms with Crippen LogP contribution < -0.4 is 14.8 Å². The first-order valence-corrected chi connectivity index (χ1v) is 8.13. The molecule has 2 aromatic rings. The van der Waals surface area contributed by atoms with Crippen LogP contribution in [-0.2, 0) is 10.2 Å². The molecule has 0 radical (unpaired) electrons. The van der Waals surface area contributed by atoms with Crippen LogP contribution in [0.5, 0.6) is 11.5 Å². The Morgan fingerprint density at radius 1 is 1.19 bits per heavy atom. The van der Waals surface area contributed by atoms with E-state index in [1.165, 1.54) is 37.5 Å². The van der Waals surface area contributed by atoms with E-state index in [1.807, 2.05) is 20.8 Å². The molecule has 0 fully saturated rings. The number of carbonyl (C=O) groups excluding carboxylic acids is 1. The van der Waals surface area contributed by atoms with Gasteiger partial charge in [-0.25, -0.2) is 9.97 Å². The Hall–Kier alpha value is -3.03. The number of halogens is 2. The summed E-state index contributed by atoms with van der Waals surface area (Å²) in [5.41, 5.74) is 0.876. The van der Waals surface area contributed by atoms with Crippen LogP contribution in [0.2, 0.25) is 0 Å². The third kappa shape index (κ3) is 6.02. The number of alkyl halides is 2. The number of anilines is 1. The number of methoxy groups -OCH3 is 1. The van der Waals surface area contributed by atoms with Crippen LogP contribution in [0.25, 0.3) is 6.08 Å². The highest BCUT2D eigenvalue weighted by atomic mass is 19.3. The number of nitrogens with one attached hydrogen (secondary N) is 1. The molecular weight excluding hydrogens is 356 g/mol. The van der Waals surface area contributed by atoms with Crippen molar-refractivity contribution in [2.45, 2.75) is 32.8 Å². The Kier molecular flexibility index (Phi) is 6.44. The Morgan fingerprint density at radius 2 is 1.85 bits per heavy atom. The zero-order chi connectivity index (χ0) is 20.0. The van der Waals surface area contributed by atoms with Crippen LogP contribution >= 0.6 is 0 Å². The Balaban J connectivity index is 2.04. The summed E-state index contributed by atoms with van der Waals surface area (Å²) in [6, 6.07) is 4.37. The minimum absolute atomic E-state index is 0.0785. The molecule has 0 aliphatic heterocycles. The van der Waals surface area contributed by atoms with Gasteiger partial charge in [0.05, 0.1) is 25.2 Å². The third-order valence-corrected chi connectivity index (χ3v) is 3.42. The van der Waals surface area contributed by atoms with E-state index >= 15 is 0 Å². The number of benzene rings is 1. The van der Waals surface area contributed by atoms with E-state index in [1.54, 1.807) is 12.4 Å². The summed E-state index contributed by atoms with van der Waals surface area (Å²) < 4.78 is 34.0. The monoisotopic (exact) mass is 377 g/mol. The summed E-state index contributed by atoms with van der Waals surface area (Å²) in [6.45, 7) is 3.04. The maximum atomic E-state index is 12.3. The predicted molar refractivity (Wildman–Crippen MR) is 98.0 cm³/mol. The molecule has 1 N–H and O–H groups in total. The molecule has 0 atom stereocenters. The maximum absolute atomic E-state index is 12.3. The molecule has 0 unspecified atom stereocenters. The van der Waals surface area contributed by atoms with Crippen LogP contribution in [0.3, 0.4) is 0 Å². The molecule has 1 heterocycles. The largest absolute Gasteiger partial charge is 0.493 e. The third-order valence-electron chi connectivity index (χ3n) is 3.42. The van der Waals surface area contributed by atoms with Crippen molar-refractivity contribution in [3.05, 3.63) is 48.1 Å². The molecule has 6 nitrogen and oxygen atoms in total. The van der Waals surface area contributed by atoms with Crippen LogP contribution in [0.4, 0.5) is 14.5 Å². The van der Waals surface area contributed by atoms with Crippen molar-refractivity contribution in [2.75, 3.05) is 12.4 Å². The summed E-state index contributed by atoms with van der Waals surface area (Å²) in [6.07, 6.45) is 5.91. The van der Waals surface area contributed by atoms with Crippen LogP contribution in [0.15, 0.2) is 36.7 Å².